The largest absolute Gasteiger partial charge is 0.373 e. The van der Waals surface area contributed by atoms with Crippen LogP contribution in [0.5, 0.6) is 0 Å². The monoisotopic (exact) mass is 288 g/mol. The third-order valence-corrected chi connectivity index (χ3v) is 4.52. The maximum absolute atomic E-state index is 13.8. The van der Waals surface area contributed by atoms with Crippen LogP contribution in [0.2, 0.25) is 0 Å². The zero-order valence-electron chi connectivity index (χ0n) is 10.4. The van der Waals surface area contributed by atoms with Crippen molar-refractivity contribution in [2.45, 2.75) is 30.6 Å². The van der Waals surface area contributed by atoms with Gasteiger partial charge in [0, 0.05) is 17.4 Å². The van der Waals surface area contributed by atoms with Gasteiger partial charge in [0.15, 0.2) is 17.3 Å². The van der Waals surface area contributed by atoms with Crippen molar-refractivity contribution < 1.29 is 13.7 Å². The molecule has 2 rings (SSSR count). The Bertz CT molecular complexity index is 499. The second kappa shape index (κ2) is 5.73. The van der Waals surface area contributed by atoms with Crippen molar-refractivity contribution >= 4 is 23.1 Å². The summed E-state index contributed by atoms with van der Waals surface area (Å²) in [5.41, 5.74) is -0.762. The number of thioether (sulfide) groups is 1. The molecule has 0 spiro atoms. The van der Waals surface area contributed by atoms with Crippen LogP contribution in [0.4, 0.5) is 20.2 Å². The summed E-state index contributed by atoms with van der Waals surface area (Å²) in [6.45, 7) is 0. The van der Waals surface area contributed by atoms with Crippen molar-refractivity contribution in [2.24, 2.45) is 0 Å². The number of nitrogens with zero attached hydrogens (tertiary/aromatic N) is 1. The van der Waals surface area contributed by atoms with Gasteiger partial charge in [0.2, 0.25) is 0 Å². The summed E-state index contributed by atoms with van der Waals surface area (Å²) < 4.78 is 27.0. The molecule has 0 amide bonds. The van der Waals surface area contributed by atoms with E-state index in [1.165, 1.54) is 0 Å². The Balaban J connectivity index is 2.32. The topological polar surface area (TPSA) is 55.2 Å². The molecule has 4 nitrogen and oxygen atoms in total. The minimum Gasteiger partial charge on any atom is -0.373 e. The number of benzene rings is 1. The molecule has 104 valence electrons. The highest BCUT2D eigenvalue weighted by Crippen LogP contribution is 2.35. The van der Waals surface area contributed by atoms with Crippen molar-refractivity contribution in [1.29, 1.82) is 0 Å². The Kier molecular flexibility index (Phi) is 4.24. The van der Waals surface area contributed by atoms with Gasteiger partial charge >= 0.3 is 0 Å². The molecule has 2 unspecified atom stereocenters. The fraction of sp³-hybridized carbons (Fsp3) is 0.500. The van der Waals surface area contributed by atoms with Gasteiger partial charge < -0.3 is 5.32 Å². The summed E-state index contributed by atoms with van der Waals surface area (Å²) >= 11 is 1.64. The van der Waals surface area contributed by atoms with Crippen molar-refractivity contribution in [3.8, 4) is 0 Å². The van der Waals surface area contributed by atoms with E-state index in [4.69, 9.17) is 0 Å². The van der Waals surface area contributed by atoms with Gasteiger partial charge in [-0.25, -0.2) is 8.78 Å². The van der Waals surface area contributed by atoms with Gasteiger partial charge in [-0.3, -0.25) is 10.1 Å². The summed E-state index contributed by atoms with van der Waals surface area (Å²) in [5, 5.41) is 14.0. The summed E-state index contributed by atoms with van der Waals surface area (Å²) in [4.78, 5) is 10.2. The fourth-order valence-corrected chi connectivity index (χ4v) is 3.32. The molecule has 1 N–H and O–H groups in total. The average Bonchev–Trinajstić information content (AvgIpc) is 2.82. The van der Waals surface area contributed by atoms with Crippen LogP contribution in [0.25, 0.3) is 0 Å². The molecule has 1 aliphatic carbocycles. The van der Waals surface area contributed by atoms with Crippen LogP contribution in [0.15, 0.2) is 12.1 Å². The molecule has 19 heavy (non-hydrogen) atoms. The van der Waals surface area contributed by atoms with Crippen LogP contribution >= 0.6 is 11.8 Å². The van der Waals surface area contributed by atoms with Crippen LogP contribution in [0.3, 0.4) is 0 Å². The quantitative estimate of drug-likeness (QED) is 0.679. The predicted molar refractivity (Wildman–Crippen MR) is 71.6 cm³/mol. The summed E-state index contributed by atoms with van der Waals surface area (Å²) in [5.74, 6) is -2.26. The molecule has 1 aromatic rings. The van der Waals surface area contributed by atoms with E-state index in [1.807, 2.05) is 6.26 Å². The van der Waals surface area contributed by atoms with Crippen LogP contribution in [0.1, 0.15) is 19.3 Å². The first-order chi connectivity index (χ1) is 9.04. The van der Waals surface area contributed by atoms with E-state index in [-0.39, 0.29) is 17.0 Å². The molecule has 0 heterocycles. The first-order valence-electron chi connectivity index (χ1n) is 5.96. The van der Waals surface area contributed by atoms with Crippen molar-refractivity contribution in [3.63, 3.8) is 0 Å². The molecule has 0 radical (unpaired) electrons. The van der Waals surface area contributed by atoms with Gasteiger partial charge in [-0.15, -0.1) is 0 Å². The molecule has 1 aromatic carbocycles. The van der Waals surface area contributed by atoms with Gasteiger partial charge in [0.1, 0.15) is 0 Å². The van der Waals surface area contributed by atoms with Crippen molar-refractivity contribution in [1.82, 2.24) is 0 Å². The van der Waals surface area contributed by atoms with E-state index >= 15 is 0 Å². The van der Waals surface area contributed by atoms with Crippen molar-refractivity contribution in [2.75, 3.05) is 11.6 Å². The Morgan fingerprint density at radius 1 is 1.42 bits per heavy atom. The molecular weight excluding hydrogens is 274 g/mol. The van der Waals surface area contributed by atoms with Crippen LogP contribution < -0.4 is 5.32 Å². The lowest BCUT2D eigenvalue weighted by molar-refractivity contribution is -0.384. The van der Waals surface area contributed by atoms with Gasteiger partial charge in [0.05, 0.1) is 4.92 Å². The smallest absolute Gasteiger partial charge is 0.295 e. The molecule has 7 heteroatoms. The Morgan fingerprint density at radius 3 is 2.79 bits per heavy atom. The normalized spacial score (nSPS) is 22.5. The van der Waals surface area contributed by atoms with Gasteiger partial charge in [-0.05, 0) is 25.2 Å². The standard InChI is InChI=1S/C12H14F2N2O2S/c1-19-10-4-2-3-8(10)15-12-9(16(17)18)6-5-7(13)11(12)14/h5-6,8,10,15H,2-4H2,1H3. The summed E-state index contributed by atoms with van der Waals surface area (Å²) in [7, 11) is 0. The van der Waals surface area contributed by atoms with Crippen molar-refractivity contribution in [3.05, 3.63) is 33.9 Å². The van der Waals surface area contributed by atoms with Gasteiger partial charge in [0.25, 0.3) is 5.69 Å². The molecule has 1 fully saturated rings. The molecule has 1 saturated carbocycles. The first kappa shape index (κ1) is 14.0. The molecule has 0 bridgehead atoms. The molecule has 0 saturated heterocycles. The number of anilines is 1. The molecular formula is C12H14F2N2O2S. The SMILES string of the molecule is CSC1CCCC1Nc1c([N+](=O)[O-])ccc(F)c1F. The number of nitro groups is 1. The summed E-state index contributed by atoms with van der Waals surface area (Å²) in [6, 6.07) is 1.70. The van der Waals surface area contributed by atoms with Crippen LogP contribution in [-0.2, 0) is 0 Å². The third-order valence-electron chi connectivity index (χ3n) is 3.35. The van der Waals surface area contributed by atoms with E-state index in [1.54, 1.807) is 11.8 Å². The number of hydrogen-bond acceptors (Lipinski definition) is 4. The second-order valence-corrected chi connectivity index (χ2v) is 5.55. The molecule has 0 aliphatic heterocycles. The number of halogens is 2. The van der Waals surface area contributed by atoms with E-state index in [0.717, 1.165) is 31.4 Å². The molecule has 0 aromatic heterocycles. The number of hydrogen-bond donors (Lipinski definition) is 1. The highest BCUT2D eigenvalue weighted by atomic mass is 32.2. The van der Waals surface area contributed by atoms with E-state index in [9.17, 15) is 18.9 Å². The highest BCUT2D eigenvalue weighted by molar-refractivity contribution is 7.99. The maximum Gasteiger partial charge on any atom is 0.295 e. The predicted octanol–water partition coefficient (Wildman–Crippen LogP) is 3.57. The van der Waals surface area contributed by atoms with E-state index in [2.05, 4.69) is 5.32 Å². The average molecular weight is 288 g/mol. The lowest BCUT2D eigenvalue weighted by atomic mass is 10.2. The van der Waals surface area contributed by atoms with Crippen LogP contribution in [0, 0.1) is 21.7 Å². The second-order valence-electron chi connectivity index (χ2n) is 4.47. The lowest BCUT2D eigenvalue weighted by Crippen LogP contribution is -2.26. The Hall–Kier alpha value is -1.37. The third kappa shape index (κ3) is 2.80. The van der Waals surface area contributed by atoms with Crippen LogP contribution in [-0.4, -0.2) is 22.5 Å². The van der Waals surface area contributed by atoms with Gasteiger partial charge in [-0.1, -0.05) is 6.42 Å². The summed E-state index contributed by atoms with van der Waals surface area (Å²) in [6.07, 6.45) is 4.71. The number of nitrogens with one attached hydrogen (secondary N) is 1. The molecule has 2 atom stereocenters. The Labute approximate surface area is 113 Å². The van der Waals surface area contributed by atoms with E-state index < -0.39 is 22.2 Å². The zero-order chi connectivity index (χ0) is 14.0. The van der Waals surface area contributed by atoms with Gasteiger partial charge in [-0.2, -0.15) is 11.8 Å². The lowest BCUT2D eigenvalue weighted by Gasteiger charge is -2.20. The molecule has 1 aliphatic rings. The highest BCUT2D eigenvalue weighted by Gasteiger charge is 2.30. The zero-order valence-corrected chi connectivity index (χ0v) is 11.2. The fourth-order valence-electron chi connectivity index (χ4n) is 2.39. The first-order valence-corrected chi connectivity index (χ1v) is 7.25. The minimum absolute atomic E-state index is 0.0648. The maximum atomic E-state index is 13.8. The number of rotatable bonds is 4. The Morgan fingerprint density at radius 2 is 2.16 bits per heavy atom. The van der Waals surface area contributed by atoms with E-state index in [0.29, 0.717) is 0 Å². The minimum atomic E-state index is -1.18. The number of nitro benzene ring substituents is 1.